The fourth-order valence-electron chi connectivity index (χ4n) is 1.62. The monoisotopic (exact) mass is 157 g/mol. The third-order valence-corrected chi connectivity index (χ3v) is 2.41. The predicted molar refractivity (Wildman–Crippen MR) is 46.6 cm³/mol. The molecule has 1 saturated heterocycles. The lowest BCUT2D eigenvalue weighted by Gasteiger charge is -2.25. The van der Waals surface area contributed by atoms with Crippen molar-refractivity contribution in [3.63, 3.8) is 0 Å². The lowest BCUT2D eigenvalue weighted by Crippen LogP contribution is -2.36. The molecular formula is C9H19NO. The summed E-state index contributed by atoms with van der Waals surface area (Å²) < 4.78 is 0. The van der Waals surface area contributed by atoms with Crippen molar-refractivity contribution in [2.75, 3.05) is 13.1 Å². The molecule has 0 saturated carbocycles. The van der Waals surface area contributed by atoms with E-state index in [0.29, 0.717) is 6.04 Å². The minimum Gasteiger partial charge on any atom is -0.392 e. The number of hydrogen-bond donors (Lipinski definition) is 1. The van der Waals surface area contributed by atoms with Gasteiger partial charge in [0.15, 0.2) is 0 Å². The second-order valence-corrected chi connectivity index (χ2v) is 3.74. The average molecular weight is 157 g/mol. The van der Waals surface area contributed by atoms with Crippen LogP contribution in [0, 0.1) is 0 Å². The molecule has 0 spiro atoms. The molecule has 1 heterocycles. The van der Waals surface area contributed by atoms with E-state index in [-0.39, 0.29) is 6.10 Å². The molecule has 2 heteroatoms. The molecule has 0 radical (unpaired) electrons. The molecule has 0 aromatic heterocycles. The van der Waals surface area contributed by atoms with Gasteiger partial charge in [-0.15, -0.1) is 0 Å². The van der Waals surface area contributed by atoms with Gasteiger partial charge in [-0.25, -0.2) is 0 Å². The third kappa shape index (κ3) is 2.80. The van der Waals surface area contributed by atoms with Gasteiger partial charge in [-0.2, -0.15) is 0 Å². The van der Waals surface area contributed by atoms with Crippen molar-refractivity contribution in [2.45, 2.75) is 45.3 Å². The molecule has 1 fully saturated rings. The third-order valence-electron chi connectivity index (χ3n) is 2.41. The molecule has 2 nitrogen and oxygen atoms in total. The van der Waals surface area contributed by atoms with E-state index in [4.69, 9.17) is 0 Å². The van der Waals surface area contributed by atoms with Gasteiger partial charge in [0.05, 0.1) is 6.10 Å². The number of nitrogens with zero attached hydrogens (tertiary/aromatic N) is 1. The van der Waals surface area contributed by atoms with Gasteiger partial charge in [-0.05, 0) is 39.7 Å². The van der Waals surface area contributed by atoms with Crippen LogP contribution in [0.3, 0.4) is 0 Å². The summed E-state index contributed by atoms with van der Waals surface area (Å²) >= 11 is 0. The summed E-state index contributed by atoms with van der Waals surface area (Å²) in [5.41, 5.74) is 0. The van der Waals surface area contributed by atoms with Crippen LogP contribution in [0.5, 0.6) is 0 Å². The maximum Gasteiger partial charge on any atom is 0.0667 e. The second kappa shape index (κ2) is 4.07. The van der Waals surface area contributed by atoms with E-state index in [0.717, 1.165) is 19.5 Å². The molecule has 1 atom stereocenters. The molecule has 0 aromatic carbocycles. The van der Waals surface area contributed by atoms with Crippen molar-refractivity contribution in [2.24, 2.45) is 0 Å². The highest BCUT2D eigenvalue weighted by atomic mass is 16.3. The number of β-amino-alcohol motifs (C(OH)–C–C–N with tert-alkyl or cyclic N) is 1. The molecule has 0 amide bonds. The molecule has 0 aromatic rings. The molecule has 1 N–H and O–H groups in total. The van der Waals surface area contributed by atoms with E-state index in [1.807, 2.05) is 0 Å². The number of aliphatic hydroxyl groups is 1. The first-order valence-electron chi connectivity index (χ1n) is 4.62. The van der Waals surface area contributed by atoms with Crippen molar-refractivity contribution < 1.29 is 5.11 Å². The van der Waals surface area contributed by atoms with Crippen molar-refractivity contribution in [1.82, 2.24) is 4.90 Å². The van der Waals surface area contributed by atoms with Gasteiger partial charge in [0.25, 0.3) is 0 Å². The molecule has 1 unspecified atom stereocenters. The van der Waals surface area contributed by atoms with Gasteiger partial charge in [0, 0.05) is 12.6 Å². The fourth-order valence-corrected chi connectivity index (χ4v) is 1.62. The fraction of sp³-hybridized carbons (Fsp3) is 1.00. The van der Waals surface area contributed by atoms with Gasteiger partial charge in [0.2, 0.25) is 0 Å². The minimum absolute atomic E-state index is 0.0834. The molecule has 11 heavy (non-hydrogen) atoms. The van der Waals surface area contributed by atoms with E-state index in [9.17, 15) is 5.11 Å². The quantitative estimate of drug-likeness (QED) is 0.619. The van der Waals surface area contributed by atoms with E-state index in [1.54, 1.807) is 0 Å². The highest BCUT2D eigenvalue weighted by molar-refractivity contribution is 4.72. The highest BCUT2D eigenvalue weighted by Gasteiger charge is 2.17. The summed E-state index contributed by atoms with van der Waals surface area (Å²) in [6, 6.07) is 0.586. The largest absolute Gasteiger partial charge is 0.392 e. The Hall–Kier alpha value is -0.0800. The lowest BCUT2D eigenvalue weighted by atomic mass is 10.2. The Balaban J connectivity index is 2.39. The molecule has 0 bridgehead atoms. The van der Waals surface area contributed by atoms with Crippen molar-refractivity contribution in [1.29, 1.82) is 0 Å². The van der Waals surface area contributed by atoms with Gasteiger partial charge in [0.1, 0.15) is 0 Å². The minimum atomic E-state index is -0.0834. The van der Waals surface area contributed by atoms with E-state index in [2.05, 4.69) is 18.7 Å². The number of aliphatic hydroxyl groups excluding tert-OH is 1. The summed E-state index contributed by atoms with van der Waals surface area (Å²) in [4.78, 5) is 2.36. The maximum absolute atomic E-state index is 9.47. The van der Waals surface area contributed by atoms with Crippen LogP contribution < -0.4 is 0 Å². The Bertz CT molecular complexity index is 114. The van der Waals surface area contributed by atoms with Crippen LogP contribution in [-0.4, -0.2) is 35.2 Å². The first kappa shape index (κ1) is 9.01. The zero-order valence-electron chi connectivity index (χ0n) is 7.58. The first-order chi connectivity index (χ1) is 5.20. The van der Waals surface area contributed by atoms with Crippen LogP contribution in [0.25, 0.3) is 0 Å². The number of likely N-dealkylation sites (tertiary alicyclic amines) is 1. The standard InChI is InChI=1S/C9H19NO/c1-8(2)10-6-4-3-5-9(11)7-10/h8-9,11H,3-7H2,1-2H3. The van der Waals surface area contributed by atoms with Gasteiger partial charge in [-0.3, -0.25) is 4.90 Å². The summed E-state index contributed by atoms with van der Waals surface area (Å²) in [7, 11) is 0. The summed E-state index contributed by atoms with van der Waals surface area (Å²) in [5.74, 6) is 0. The molecule has 1 aliphatic heterocycles. The molecule has 66 valence electrons. The Labute approximate surface area is 69.2 Å². The SMILES string of the molecule is CC(C)N1CCCCC(O)C1. The van der Waals surface area contributed by atoms with Crippen LogP contribution in [0.4, 0.5) is 0 Å². The topological polar surface area (TPSA) is 23.5 Å². The molecule has 1 aliphatic rings. The number of hydrogen-bond acceptors (Lipinski definition) is 2. The van der Waals surface area contributed by atoms with Crippen molar-refractivity contribution in [3.8, 4) is 0 Å². The van der Waals surface area contributed by atoms with E-state index < -0.39 is 0 Å². The molecular weight excluding hydrogens is 138 g/mol. The predicted octanol–water partition coefficient (Wildman–Crippen LogP) is 1.24. The smallest absolute Gasteiger partial charge is 0.0667 e. The van der Waals surface area contributed by atoms with Crippen molar-refractivity contribution in [3.05, 3.63) is 0 Å². The van der Waals surface area contributed by atoms with Crippen LogP contribution in [0.15, 0.2) is 0 Å². The van der Waals surface area contributed by atoms with Crippen LogP contribution in [0.2, 0.25) is 0 Å². The van der Waals surface area contributed by atoms with Gasteiger partial charge < -0.3 is 5.11 Å². The van der Waals surface area contributed by atoms with E-state index >= 15 is 0 Å². The summed E-state index contributed by atoms with van der Waals surface area (Å²) in [6.45, 7) is 6.42. The van der Waals surface area contributed by atoms with Gasteiger partial charge >= 0.3 is 0 Å². The zero-order valence-corrected chi connectivity index (χ0v) is 7.58. The zero-order chi connectivity index (χ0) is 8.27. The molecule has 0 aliphatic carbocycles. The molecule has 1 rings (SSSR count). The highest BCUT2D eigenvalue weighted by Crippen LogP contribution is 2.12. The van der Waals surface area contributed by atoms with E-state index in [1.165, 1.54) is 12.8 Å². The summed E-state index contributed by atoms with van der Waals surface area (Å²) in [5, 5.41) is 9.47. The van der Waals surface area contributed by atoms with Crippen LogP contribution >= 0.6 is 0 Å². The number of rotatable bonds is 1. The van der Waals surface area contributed by atoms with Gasteiger partial charge in [-0.1, -0.05) is 0 Å². The van der Waals surface area contributed by atoms with Crippen LogP contribution in [-0.2, 0) is 0 Å². The normalized spacial score (nSPS) is 28.9. The Kier molecular flexibility index (Phi) is 3.34. The first-order valence-corrected chi connectivity index (χ1v) is 4.62. The summed E-state index contributed by atoms with van der Waals surface area (Å²) in [6.07, 6.45) is 3.34. The Morgan fingerprint density at radius 2 is 2.09 bits per heavy atom. The Morgan fingerprint density at radius 3 is 2.73 bits per heavy atom. The maximum atomic E-state index is 9.47. The second-order valence-electron chi connectivity index (χ2n) is 3.74. The lowest BCUT2D eigenvalue weighted by molar-refractivity contribution is 0.106. The Morgan fingerprint density at radius 1 is 1.36 bits per heavy atom. The van der Waals surface area contributed by atoms with Crippen LogP contribution in [0.1, 0.15) is 33.1 Å². The van der Waals surface area contributed by atoms with Crippen molar-refractivity contribution >= 4 is 0 Å². The average Bonchev–Trinajstić information content (AvgIpc) is 2.13.